The molecule has 4 nitrogen and oxygen atoms in total. The lowest BCUT2D eigenvalue weighted by atomic mass is 10.2. The van der Waals surface area contributed by atoms with E-state index in [1.165, 1.54) is 0 Å². The van der Waals surface area contributed by atoms with Crippen LogP contribution in [0.15, 0.2) is 54.6 Å². The van der Waals surface area contributed by atoms with E-state index in [1.807, 2.05) is 37.3 Å². The molecule has 3 N–H and O–H groups in total. The lowest BCUT2D eigenvalue weighted by molar-refractivity contribution is 0.332. The van der Waals surface area contributed by atoms with Crippen LogP contribution in [0.25, 0.3) is 0 Å². The molecule has 0 aromatic heterocycles. The van der Waals surface area contributed by atoms with Crippen LogP contribution in [-0.4, -0.2) is 6.61 Å². The van der Waals surface area contributed by atoms with Crippen molar-refractivity contribution in [3.63, 3.8) is 0 Å². The highest BCUT2D eigenvalue weighted by Gasteiger charge is 2.24. The Labute approximate surface area is 119 Å². The fraction of sp³-hybridized carbons (Fsp3) is 0.200. The second-order valence-corrected chi connectivity index (χ2v) is 6.58. The van der Waals surface area contributed by atoms with E-state index in [9.17, 15) is 4.57 Å². The Kier molecular flexibility index (Phi) is 4.96. The first-order chi connectivity index (χ1) is 9.64. The summed E-state index contributed by atoms with van der Waals surface area (Å²) in [6, 6.07) is 16.7. The molecule has 0 heterocycles. The zero-order valence-electron chi connectivity index (χ0n) is 11.5. The van der Waals surface area contributed by atoms with E-state index in [2.05, 4.69) is 5.09 Å². The van der Waals surface area contributed by atoms with Crippen molar-refractivity contribution in [3.8, 4) is 0 Å². The summed E-state index contributed by atoms with van der Waals surface area (Å²) in [4.78, 5) is 0. The van der Waals surface area contributed by atoms with Gasteiger partial charge in [-0.3, -0.25) is 4.57 Å². The molecule has 1 atom stereocenters. The molecule has 0 amide bonds. The summed E-state index contributed by atoms with van der Waals surface area (Å²) in [6.45, 7) is 2.69. The van der Waals surface area contributed by atoms with E-state index in [-0.39, 0.29) is 0 Å². The topological polar surface area (TPSA) is 64.3 Å². The largest absolute Gasteiger partial charge is 0.399 e. The van der Waals surface area contributed by atoms with Crippen molar-refractivity contribution in [1.82, 2.24) is 5.09 Å². The van der Waals surface area contributed by atoms with Gasteiger partial charge in [0.15, 0.2) is 0 Å². The van der Waals surface area contributed by atoms with Crippen LogP contribution < -0.4 is 16.1 Å². The van der Waals surface area contributed by atoms with Crippen LogP contribution >= 0.6 is 7.52 Å². The van der Waals surface area contributed by atoms with Gasteiger partial charge in [0, 0.05) is 12.2 Å². The van der Waals surface area contributed by atoms with Crippen LogP contribution in [0.1, 0.15) is 12.5 Å². The highest BCUT2D eigenvalue weighted by molar-refractivity contribution is 7.65. The van der Waals surface area contributed by atoms with Gasteiger partial charge in [-0.2, -0.15) is 0 Å². The van der Waals surface area contributed by atoms with Crippen molar-refractivity contribution in [3.05, 3.63) is 60.2 Å². The standard InChI is InChI=1S/C15H19N2O2P/c1-2-19-20(18,15-10-8-14(16)9-11-15)17-12-13-6-4-3-5-7-13/h3-11H,2,12,16H2,1H3,(H,17,18). The number of rotatable bonds is 6. The first-order valence-electron chi connectivity index (χ1n) is 6.54. The summed E-state index contributed by atoms with van der Waals surface area (Å²) >= 11 is 0. The molecule has 0 bridgehead atoms. The minimum Gasteiger partial charge on any atom is -0.399 e. The first-order valence-corrected chi connectivity index (χ1v) is 8.16. The van der Waals surface area contributed by atoms with Crippen molar-refractivity contribution in [2.45, 2.75) is 13.5 Å². The fourth-order valence-corrected chi connectivity index (χ4v) is 3.57. The minimum atomic E-state index is -3.06. The zero-order valence-corrected chi connectivity index (χ0v) is 12.3. The lowest BCUT2D eigenvalue weighted by Gasteiger charge is -2.19. The van der Waals surface area contributed by atoms with Gasteiger partial charge in [0.05, 0.1) is 11.9 Å². The number of nitrogens with two attached hydrogens (primary N) is 1. The van der Waals surface area contributed by atoms with Gasteiger partial charge >= 0.3 is 0 Å². The lowest BCUT2D eigenvalue weighted by Crippen LogP contribution is -2.21. The fourth-order valence-electron chi connectivity index (χ4n) is 1.86. The third-order valence-electron chi connectivity index (χ3n) is 2.88. The predicted molar refractivity (Wildman–Crippen MR) is 83.0 cm³/mol. The Morgan fingerprint density at radius 2 is 1.75 bits per heavy atom. The van der Waals surface area contributed by atoms with Crippen LogP contribution in [0.4, 0.5) is 5.69 Å². The molecule has 0 saturated carbocycles. The summed E-state index contributed by atoms with van der Waals surface area (Å²) in [7, 11) is -3.06. The predicted octanol–water partition coefficient (Wildman–Crippen LogP) is 2.91. The Bertz CT molecular complexity index is 585. The molecule has 5 heteroatoms. The van der Waals surface area contributed by atoms with E-state index < -0.39 is 7.52 Å². The van der Waals surface area contributed by atoms with Crippen molar-refractivity contribution in [1.29, 1.82) is 0 Å². The number of nitrogen functional groups attached to an aromatic ring is 1. The Morgan fingerprint density at radius 3 is 2.35 bits per heavy atom. The molecule has 1 unspecified atom stereocenters. The first kappa shape index (κ1) is 14.8. The second kappa shape index (κ2) is 6.71. The van der Waals surface area contributed by atoms with Crippen LogP contribution in [0.2, 0.25) is 0 Å². The van der Waals surface area contributed by atoms with Gasteiger partial charge in [0.25, 0.3) is 7.52 Å². The smallest absolute Gasteiger partial charge is 0.300 e. The number of anilines is 1. The monoisotopic (exact) mass is 290 g/mol. The highest BCUT2D eigenvalue weighted by atomic mass is 31.2. The van der Waals surface area contributed by atoms with E-state index in [0.717, 1.165) is 5.56 Å². The molecule has 0 aliphatic carbocycles. The summed E-state index contributed by atoms with van der Waals surface area (Å²) in [5, 5.41) is 3.67. The molecule has 2 aromatic carbocycles. The number of nitrogens with one attached hydrogen (secondary N) is 1. The molecule has 0 aliphatic heterocycles. The van der Waals surface area contributed by atoms with Crippen LogP contribution in [0, 0.1) is 0 Å². The van der Waals surface area contributed by atoms with Crippen molar-refractivity contribution < 1.29 is 9.09 Å². The molecule has 2 aromatic rings. The number of hydrogen-bond acceptors (Lipinski definition) is 3. The maximum Gasteiger partial charge on any atom is 0.300 e. The van der Waals surface area contributed by atoms with Gasteiger partial charge in [-0.05, 0) is 36.8 Å². The maximum atomic E-state index is 12.9. The summed E-state index contributed by atoms with van der Waals surface area (Å²) < 4.78 is 18.4. The third-order valence-corrected chi connectivity index (χ3v) is 5.05. The zero-order chi connectivity index (χ0) is 14.4. The molecular formula is C15H19N2O2P. The number of hydrogen-bond donors (Lipinski definition) is 2. The van der Waals surface area contributed by atoms with Gasteiger partial charge in [0.1, 0.15) is 0 Å². The average molecular weight is 290 g/mol. The maximum absolute atomic E-state index is 12.9. The molecule has 0 radical (unpaired) electrons. The molecular weight excluding hydrogens is 271 g/mol. The van der Waals surface area contributed by atoms with E-state index in [0.29, 0.717) is 24.1 Å². The minimum absolute atomic E-state index is 0.378. The van der Waals surface area contributed by atoms with Gasteiger partial charge in [-0.25, -0.2) is 5.09 Å². The Morgan fingerprint density at radius 1 is 1.10 bits per heavy atom. The second-order valence-electron chi connectivity index (χ2n) is 4.38. The average Bonchev–Trinajstić information content (AvgIpc) is 2.47. The van der Waals surface area contributed by atoms with Gasteiger partial charge < -0.3 is 10.3 Å². The van der Waals surface area contributed by atoms with Crippen LogP contribution in [-0.2, 0) is 15.6 Å². The van der Waals surface area contributed by atoms with Crippen molar-refractivity contribution in [2.75, 3.05) is 12.3 Å². The van der Waals surface area contributed by atoms with Gasteiger partial charge in [-0.1, -0.05) is 30.3 Å². The van der Waals surface area contributed by atoms with Crippen LogP contribution in [0.5, 0.6) is 0 Å². The SMILES string of the molecule is CCOP(=O)(NCc1ccccc1)c1ccc(N)cc1. The molecule has 0 fully saturated rings. The Balaban J connectivity index is 2.17. The molecule has 0 saturated heterocycles. The summed E-state index contributed by atoms with van der Waals surface area (Å²) in [5.74, 6) is 0. The van der Waals surface area contributed by atoms with Gasteiger partial charge in [0.2, 0.25) is 0 Å². The molecule has 2 rings (SSSR count). The van der Waals surface area contributed by atoms with Crippen molar-refractivity contribution >= 4 is 18.5 Å². The molecule has 106 valence electrons. The highest BCUT2D eigenvalue weighted by Crippen LogP contribution is 2.41. The van der Waals surface area contributed by atoms with Crippen molar-refractivity contribution in [2.24, 2.45) is 0 Å². The quantitative estimate of drug-likeness (QED) is 0.634. The molecule has 0 aliphatic rings. The van der Waals surface area contributed by atoms with E-state index in [1.54, 1.807) is 24.3 Å². The van der Waals surface area contributed by atoms with E-state index >= 15 is 0 Å². The molecule has 0 spiro atoms. The van der Waals surface area contributed by atoms with Gasteiger partial charge in [-0.15, -0.1) is 0 Å². The van der Waals surface area contributed by atoms with Crippen LogP contribution in [0.3, 0.4) is 0 Å². The third kappa shape index (κ3) is 3.70. The summed E-state index contributed by atoms with van der Waals surface area (Å²) in [6.07, 6.45) is 0. The Hall–Kier alpha value is -1.61. The number of benzene rings is 2. The molecule has 20 heavy (non-hydrogen) atoms. The van der Waals surface area contributed by atoms with E-state index in [4.69, 9.17) is 10.3 Å². The summed E-state index contributed by atoms with van der Waals surface area (Å²) in [5.41, 5.74) is 7.35. The normalized spacial score (nSPS) is 13.8.